The van der Waals surface area contributed by atoms with Gasteiger partial charge in [-0.3, -0.25) is 4.79 Å². The van der Waals surface area contributed by atoms with E-state index in [9.17, 15) is 9.18 Å². The van der Waals surface area contributed by atoms with E-state index in [-0.39, 0.29) is 0 Å². The highest BCUT2D eigenvalue weighted by molar-refractivity contribution is 5.65. The number of rotatable bonds is 2. The van der Waals surface area contributed by atoms with E-state index in [0.717, 1.165) is 5.56 Å². The van der Waals surface area contributed by atoms with E-state index in [1.165, 1.54) is 6.92 Å². The number of aryl methyl sites for hydroxylation is 1. The van der Waals surface area contributed by atoms with E-state index in [0.29, 0.717) is 11.8 Å². The molecular formula is C10H11FO. The fraction of sp³-hybridized carbons (Fsp3) is 0.300. The van der Waals surface area contributed by atoms with Gasteiger partial charge in [0.05, 0.1) is 0 Å². The van der Waals surface area contributed by atoms with Crippen molar-refractivity contribution >= 4 is 6.29 Å². The van der Waals surface area contributed by atoms with E-state index in [1.807, 2.05) is 6.92 Å². The Hall–Kier alpha value is -1.18. The summed E-state index contributed by atoms with van der Waals surface area (Å²) in [6.07, 6.45) is 0.317. The molecule has 0 aliphatic heterocycles. The topological polar surface area (TPSA) is 17.1 Å². The standard InChI is InChI=1S/C10H11FO/c1-8-3-5-9(6-4-8)10(2,11)7-12/h3-7H,1-2H3. The molecule has 0 aliphatic carbocycles. The molecule has 0 saturated heterocycles. The molecule has 1 unspecified atom stereocenters. The van der Waals surface area contributed by atoms with Crippen LogP contribution in [0.25, 0.3) is 0 Å². The van der Waals surface area contributed by atoms with Gasteiger partial charge in [0.1, 0.15) is 0 Å². The second-order valence-electron chi connectivity index (χ2n) is 3.06. The Balaban J connectivity index is 3.04. The Morgan fingerprint density at radius 2 is 1.83 bits per heavy atom. The van der Waals surface area contributed by atoms with Crippen LogP contribution in [0.15, 0.2) is 24.3 Å². The number of hydrogen-bond acceptors (Lipinski definition) is 1. The first-order valence-corrected chi connectivity index (χ1v) is 3.78. The van der Waals surface area contributed by atoms with E-state index >= 15 is 0 Å². The maximum Gasteiger partial charge on any atom is 0.187 e. The molecule has 12 heavy (non-hydrogen) atoms. The SMILES string of the molecule is Cc1ccc(C(C)(F)C=O)cc1. The Labute approximate surface area is 71.2 Å². The number of benzene rings is 1. The van der Waals surface area contributed by atoms with Crippen LogP contribution in [0, 0.1) is 6.92 Å². The second kappa shape index (κ2) is 3.05. The summed E-state index contributed by atoms with van der Waals surface area (Å²) in [5.74, 6) is 0. The van der Waals surface area contributed by atoms with Gasteiger partial charge in [-0.25, -0.2) is 4.39 Å². The Bertz CT molecular complexity index is 274. The first kappa shape index (κ1) is 8.91. The quantitative estimate of drug-likeness (QED) is 0.616. The molecule has 0 aliphatic rings. The maximum atomic E-state index is 13.3. The van der Waals surface area contributed by atoms with Crippen LogP contribution in [0.4, 0.5) is 4.39 Å². The fourth-order valence-corrected chi connectivity index (χ4v) is 0.947. The van der Waals surface area contributed by atoms with Crippen LogP contribution in [-0.4, -0.2) is 6.29 Å². The van der Waals surface area contributed by atoms with Crippen molar-refractivity contribution in [3.63, 3.8) is 0 Å². The first-order chi connectivity index (χ1) is 5.56. The lowest BCUT2D eigenvalue weighted by atomic mass is 9.99. The first-order valence-electron chi connectivity index (χ1n) is 3.78. The molecule has 0 bridgehead atoms. The minimum Gasteiger partial charge on any atom is -0.299 e. The molecule has 0 amide bonds. The molecule has 1 atom stereocenters. The molecule has 0 heterocycles. The molecule has 0 fully saturated rings. The average molecular weight is 166 g/mol. The Kier molecular flexibility index (Phi) is 2.27. The van der Waals surface area contributed by atoms with Crippen molar-refractivity contribution in [1.29, 1.82) is 0 Å². The lowest BCUT2D eigenvalue weighted by Crippen LogP contribution is -2.16. The fourth-order valence-electron chi connectivity index (χ4n) is 0.947. The third-order valence-electron chi connectivity index (χ3n) is 1.84. The normalized spacial score (nSPS) is 15.2. The molecule has 1 aromatic carbocycles. The molecule has 1 rings (SSSR count). The van der Waals surface area contributed by atoms with Gasteiger partial charge in [-0.15, -0.1) is 0 Å². The predicted molar refractivity (Wildman–Crippen MR) is 45.7 cm³/mol. The summed E-state index contributed by atoms with van der Waals surface area (Å²) >= 11 is 0. The van der Waals surface area contributed by atoms with E-state index in [2.05, 4.69) is 0 Å². The van der Waals surface area contributed by atoms with Crippen molar-refractivity contribution in [2.45, 2.75) is 19.5 Å². The number of hydrogen-bond donors (Lipinski definition) is 0. The summed E-state index contributed by atoms with van der Waals surface area (Å²) < 4.78 is 13.3. The van der Waals surface area contributed by atoms with Gasteiger partial charge in [0.25, 0.3) is 0 Å². The highest BCUT2D eigenvalue weighted by atomic mass is 19.1. The zero-order valence-corrected chi connectivity index (χ0v) is 7.17. The third-order valence-corrected chi connectivity index (χ3v) is 1.84. The van der Waals surface area contributed by atoms with Gasteiger partial charge in [0.15, 0.2) is 12.0 Å². The van der Waals surface area contributed by atoms with Crippen LogP contribution in [0.5, 0.6) is 0 Å². The number of aldehydes is 1. The molecule has 0 aromatic heterocycles. The Morgan fingerprint density at radius 1 is 1.33 bits per heavy atom. The number of carbonyl (C=O) groups is 1. The van der Waals surface area contributed by atoms with Gasteiger partial charge in [-0.1, -0.05) is 29.8 Å². The number of alkyl halides is 1. The smallest absolute Gasteiger partial charge is 0.187 e. The summed E-state index contributed by atoms with van der Waals surface area (Å²) in [5, 5.41) is 0. The molecule has 0 saturated carbocycles. The second-order valence-corrected chi connectivity index (χ2v) is 3.06. The zero-order valence-electron chi connectivity index (χ0n) is 7.17. The monoisotopic (exact) mass is 166 g/mol. The third kappa shape index (κ3) is 1.70. The van der Waals surface area contributed by atoms with Crippen LogP contribution in [0.2, 0.25) is 0 Å². The number of carbonyl (C=O) groups excluding carboxylic acids is 1. The van der Waals surface area contributed by atoms with Gasteiger partial charge in [-0.2, -0.15) is 0 Å². The number of halogens is 1. The van der Waals surface area contributed by atoms with Crippen molar-refractivity contribution in [2.24, 2.45) is 0 Å². The Morgan fingerprint density at radius 3 is 2.25 bits per heavy atom. The van der Waals surface area contributed by atoms with Gasteiger partial charge < -0.3 is 0 Å². The summed E-state index contributed by atoms with van der Waals surface area (Å²) in [7, 11) is 0. The summed E-state index contributed by atoms with van der Waals surface area (Å²) in [4.78, 5) is 10.3. The van der Waals surface area contributed by atoms with Crippen molar-refractivity contribution in [1.82, 2.24) is 0 Å². The molecule has 1 nitrogen and oxygen atoms in total. The lowest BCUT2D eigenvalue weighted by Gasteiger charge is -2.12. The van der Waals surface area contributed by atoms with Gasteiger partial charge in [-0.05, 0) is 19.4 Å². The molecule has 0 spiro atoms. The zero-order chi connectivity index (χ0) is 9.19. The van der Waals surface area contributed by atoms with Crippen molar-refractivity contribution in [2.75, 3.05) is 0 Å². The minimum absolute atomic E-state index is 0.317. The molecular weight excluding hydrogens is 155 g/mol. The van der Waals surface area contributed by atoms with E-state index < -0.39 is 5.67 Å². The van der Waals surface area contributed by atoms with Crippen LogP contribution in [0.1, 0.15) is 18.1 Å². The van der Waals surface area contributed by atoms with Crippen molar-refractivity contribution in [3.8, 4) is 0 Å². The van der Waals surface area contributed by atoms with Gasteiger partial charge >= 0.3 is 0 Å². The highest BCUT2D eigenvalue weighted by Crippen LogP contribution is 2.22. The molecule has 2 heteroatoms. The molecule has 0 radical (unpaired) electrons. The maximum absolute atomic E-state index is 13.3. The largest absolute Gasteiger partial charge is 0.299 e. The minimum atomic E-state index is -1.85. The molecule has 0 N–H and O–H groups in total. The molecule has 1 aromatic rings. The molecule has 64 valence electrons. The average Bonchev–Trinajstić information content (AvgIpc) is 2.05. The van der Waals surface area contributed by atoms with E-state index in [4.69, 9.17) is 0 Å². The summed E-state index contributed by atoms with van der Waals surface area (Å²) in [5.41, 5.74) is -0.392. The van der Waals surface area contributed by atoms with Gasteiger partial charge in [0, 0.05) is 0 Å². The van der Waals surface area contributed by atoms with Crippen LogP contribution in [0.3, 0.4) is 0 Å². The summed E-state index contributed by atoms with van der Waals surface area (Å²) in [6.45, 7) is 3.17. The van der Waals surface area contributed by atoms with Crippen LogP contribution in [-0.2, 0) is 10.5 Å². The highest BCUT2D eigenvalue weighted by Gasteiger charge is 2.24. The van der Waals surface area contributed by atoms with Crippen molar-refractivity contribution in [3.05, 3.63) is 35.4 Å². The van der Waals surface area contributed by atoms with Crippen LogP contribution < -0.4 is 0 Å². The summed E-state index contributed by atoms with van der Waals surface area (Å²) in [6, 6.07) is 6.83. The van der Waals surface area contributed by atoms with Crippen molar-refractivity contribution < 1.29 is 9.18 Å². The predicted octanol–water partition coefficient (Wildman–Crippen LogP) is 2.38. The van der Waals surface area contributed by atoms with Gasteiger partial charge in [0.2, 0.25) is 0 Å². The van der Waals surface area contributed by atoms with E-state index in [1.54, 1.807) is 24.3 Å². The lowest BCUT2D eigenvalue weighted by molar-refractivity contribution is -0.117. The van der Waals surface area contributed by atoms with Crippen LogP contribution >= 0.6 is 0 Å².